The Morgan fingerprint density at radius 2 is 1.00 bits per heavy atom. The smallest absolute Gasteiger partial charge is 0.119 e. The molecule has 0 aromatic heterocycles. The Balaban J connectivity index is 1.69. The zero-order valence-corrected chi connectivity index (χ0v) is 19.1. The maximum atomic E-state index is 5.65. The Kier molecular flexibility index (Phi) is 17.9. The zero-order chi connectivity index (χ0) is 20.8. The van der Waals surface area contributed by atoms with E-state index in [-0.39, 0.29) is 0 Å². The van der Waals surface area contributed by atoms with Crippen LogP contribution in [-0.2, 0) is 4.74 Å². The second kappa shape index (κ2) is 20.1. The van der Waals surface area contributed by atoms with Crippen molar-refractivity contribution in [1.82, 2.24) is 0 Å². The summed E-state index contributed by atoms with van der Waals surface area (Å²) in [6.45, 7) is 4.40. The lowest BCUT2D eigenvalue weighted by molar-refractivity contribution is 0.0971. The van der Waals surface area contributed by atoms with Crippen LogP contribution in [0.5, 0.6) is 5.75 Å². The number of benzene rings is 1. The molecule has 0 radical (unpaired) electrons. The van der Waals surface area contributed by atoms with Crippen LogP contribution in [0.2, 0.25) is 0 Å². The molecule has 168 valence electrons. The van der Waals surface area contributed by atoms with Crippen molar-refractivity contribution in [2.75, 3.05) is 25.6 Å². The van der Waals surface area contributed by atoms with Crippen LogP contribution in [0.25, 0.3) is 0 Å². The Bertz CT molecular complexity index is 447. The molecule has 0 saturated carbocycles. The lowest BCUT2D eigenvalue weighted by Crippen LogP contribution is -2.07. The Morgan fingerprint density at radius 1 is 0.552 bits per heavy atom. The molecule has 3 nitrogen and oxygen atoms in total. The minimum atomic E-state index is 0.600. The zero-order valence-electron chi connectivity index (χ0n) is 19.1. The van der Waals surface area contributed by atoms with Crippen molar-refractivity contribution in [2.45, 2.75) is 110 Å². The molecule has 0 spiro atoms. The highest BCUT2D eigenvalue weighted by atomic mass is 16.5. The Morgan fingerprint density at radius 3 is 1.48 bits per heavy atom. The van der Waals surface area contributed by atoms with Crippen LogP contribution >= 0.6 is 0 Å². The fourth-order valence-electron chi connectivity index (χ4n) is 3.64. The molecule has 29 heavy (non-hydrogen) atoms. The van der Waals surface area contributed by atoms with Gasteiger partial charge in [-0.05, 0) is 30.7 Å². The summed E-state index contributed by atoms with van der Waals surface area (Å²) in [5.41, 5.74) is 6.41. The van der Waals surface area contributed by atoms with Gasteiger partial charge in [0.2, 0.25) is 0 Å². The average molecular weight is 406 g/mol. The van der Waals surface area contributed by atoms with Crippen LogP contribution < -0.4 is 10.5 Å². The number of hydrogen-bond acceptors (Lipinski definition) is 3. The monoisotopic (exact) mass is 405 g/mol. The lowest BCUT2D eigenvalue weighted by Gasteiger charge is -2.07. The molecule has 3 heteroatoms. The standard InChI is InChI=1S/C26H47NO2/c1-2-3-4-5-6-7-8-9-10-11-12-13-14-15-16-17-22-28-23-24-29-26-20-18-25(27)19-21-26/h18-21H,2-17,22-24,27H2,1H3. The molecule has 0 saturated heterocycles. The highest BCUT2D eigenvalue weighted by Gasteiger charge is 1.96. The van der Waals surface area contributed by atoms with Crippen LogP contribution in [0.4, 0.5) is 5.69 Å². The molecule has 2 N–H and O–H groups in total. The summed E-state index contributed by atoms with van der Waals surface area (Å²) >= 11 is 0. The third kappa shape index (κ3) is 17.4. The van der Waals surface area contributed by atoms with Gasteiger partial charge in [-0.25, -0.2) is 0 Å². The number of nitrogens with two attached hydrogens (primary N) is 1. The maximum Gasteiger partial charge on any atom is 0.119 e. The van der Waals surface area contributed by atoms with E-state index in [1.165, 1.54) is 103 Å². The largest absolute Gasteiger partial charge is 0.491 e. The summed E-state index contributed by atoms with van der Waals surface area (Å²) in [6.07, 6.45) is 22.4. The number of ether oxygens (including phenoxy) is 2. The van der Waals surface area contributed by atoms with Crippen LogP contribution in [0.1, 0.15) is 110 Å². The van der Waals surface area contributed by atoms with Crippen molar-refractivity contribution in [2.24, 2.45) is 0 Å². The number of nitrogen functional groups attached to an aromatic ring is 1. The van der Waals surface area contributed by atoms with Crippen molar-refractivity contribution in [3.05, 3.63) is 24.3 Å². The molecule has 0 heterocycles. The van der Waals surface area contributed by atoms with Gasteiger partial charge in [-0.15, -0.1) is 0 Å². The summed E-state index contributed by atoms with van der Waals surface area (Å²) in [5.74, 6) is 0.852. The molecule has 0 aliphatic heterocycles. The van der Waals surface area contributed by atoms with Crippen LogP contribution in [-0.4, -0.2) is 19.8 Å². The molecular weight excluding hydrogens is 358 g/mol. The van der Waals surface area contributed by atoms with E-state index in [1.807, 2.05) is 24.3 Å². The average Bonchev–Trinajstić information content (AvgIpc) is 2.73. The first-order valence-corrected chi connectivity index (χ1v) is 12.4. The molecule has 0 atom stereocenters. The molecular formula is C26H47NO2. The van der Waals surface area contributed by atoms with Gasteiger partial charge in [-0.3, -0.25) is 0 Å². The number of unbranched alkanes of at least 4 members (excludes halogenated alkanes) is 15. The first-order chi connectivity index (χ1) is 14.3. The van der Waals surface area contributed by atoms with Gasteiger partial charge in [0.05, 0.1) is 6.61 Å². The first-order valence-electron chi connectivity index (χ1n) is 12.4. The van der Waals surface area contributed by atoms with E-state index in [1.54, 1.807) is 0 Å². The summed E-state index contributed by atoms with van der Waals surface area (Å²) in [7, 11) is 0. The molecule has 0 aliphatic rings. The van der Waals surface area contributed by atoms with Crippen molar-refractivity contribution in [3.8, 4) is 5.75 Å². The normalized spacial score (nSPS) is 11.1. The third-order valence-electron chi connectivity index (χ3n) is 5.52. The number of hydrogen-bond donors (Lipinski definition) is 1. The van der Waals surface area contributed by atoms with Gasteiger partial charge >= 0.3 is 0 Å². The predicted octanol–water partition coefficient (Wildman–Crippen LogP) is 7.93. The fraction of sp³-hybridized carbons (Fsp3) is 0.769. The fourth-order valence-corrected chi connectivity index (χ4v) is 3.64. The molecule has 0 fully saturated rings. The molecule has 0 bridgehead atoms. The van der Waals surface area contributed by atoms with E-state index in [0.29, 0.717) is 13.2 Å². The maximum absolute atomic E-state index is 5.65. The Hall–Kier alpha value is -1.22. The summed E-state index contributed by atoms with van der Waals surface area (Å²) in [5, 5.41) is 0. The first kappa shape index (κ1) is 25.8. The summed E-state index contributed by atoms with van der Waals surface area (Å²) in [6, 6.07) is 7.50. The van der Waals surface area contributed by atoms with Crippen LogP contribution in [0.15, 0.2) is 24.3 Å². The third-order valence-corrected chi connectivity index (χ3v) is 5.52. The van der Waals surface area contributed by atoms with Gasteiger partial charge in [-0.1, -0.05) is 103 Å². The van der Waals surface area contributed by atoms with E-state index in [4.69, 9.17) is 15.2 Å². The molecule has 0 unspecified atom stereocenters. The van der Waals surface area contributed by atoms with Gasteiger partial charge < -0.3 is 15.2 Å². The Labute approximate surface area is 180 Å². The molecule has 1 rings (SSSR count). The topological polar surface area (TPSA) is 44.5 Å². The second-order valence-electron chi connectivity index (χ2n) is 8.33. The lowest BCUT2D eigenvalue weighted by atomic mass is 10.0. The quantitative estimate of drug-likeness (QED) is 0.167. The molecule has 0 amide bonds. The van der Waals surface area contributed by atoms with Crippen molar-refractivity contribution in [1.29, 1.82) is 0 Å². The van der Waals surface area contributed by atoms with Gasteiger partial charge in [0, 0.05) is 12.3 Å². The van der Waals surface area contributed by atoms with Crippen LogP contribution in [0, 0.1) is 0 Å². The van der Waals surface area contributed by atoms with Gasteiger partial charge in [0.1, 0.15) is 12.4 Å². The molecule has 1 aromatic carbocycles. The van der Waals surface area contributed by atoms with Gasteiger partial charge in [0.25, 0.3) is 0 Å². The second-order valence-corrected chi connectivity index (χ2v) is 8.33. The van der Waals surface area contributed by atoms with E-state index < -0.39 is 0 Å². The number of anilines is 1. The van der Waals surface area contributed by atoms with Gasteiger partial charge in [0.15, 0.2) is 0 Å². The summed E-state index contributed by atoms with van der Waals surface area (Å²) < 4.78 is 11.3. The minimum Gasteiger partial charge on any atom is -0.491 e. The van der Waals surface area contributed by atoms with E-state index in [0.717, 1.165) is 18.0 Å². The number of rotatable bonds is 21. The van der Waals surface area contributed by atoms with E-state index in [9.17, 15) is 0 Å². The van der Waals surface area contributed by atoms with Crippen LogP contribution in [0.3, 0.4) is 0 Å². The predicted molar refractivity (Wildman–Crippen MR) is 127 cm³/mol. The van der Waals surface area contributed by atoms with E-state index >= 15 is 0 Å². The van der Waals surface area contributed by atoms with Crippen molar-refractivity contribution in [3.63, 3.8) is 0 Å². The van der Waals surface area contributed by atoms with Gasteiger partial charge in [-0.2, -0.15) is 0 Å². The van der Waals surface area contributed by atoms with Crippen molar-refractivity contribution < 1.29 is 9.47 Å². The highest BCUT2D eigenvalue weighted by molar-refractivity contribution is 5.41. The summed E-state index contributed by atoms with van der Waals surface area (Å²) in [4.78, 5) is 0. The SMILES string of the molecule is CCCCCCCCCCCCCCCCCCOCCOc1ccc(N)cc1. The minimum absolute atomic E-state index is 0.600. The van der Waals surface area contributed by atoms with E-state index in [2.05, 4.69) is 6.92 Å². The highest BCUT2D eigenvalue weighted by Crippen LogP contribution is 2.14. The molecule has 1 aromatic rings. The van der Waals surface area contributed by atoms with Crippen molar-refractivity contribution >= 4 is 5.69 Å². The molecule has 0 aliphatic carbocycles.